The summed E-state index contributed by atoms with van der Waals surface area (Å²) < 4.78 is 5.57. The fourth-order valence-corrected chi connectivity index (χ4v) is 2.98. The number of hydrogen-bond acceptors (Lipinski definition) is 6. The molecule has 7 nitrogen and oxygen atoms in total. The standard InChI is InChI=1S/C14H18N4O3/c15-8-12(9-3-1-2-4-9)17-14-16-11-6-5-10(18(19)20)7-13(11)21-14/h5-7,9,12H,1-4,8,15H2,(H,16,17). The highest BCUT2D eigenvalue weighted by atomic mass is 16.6. The van der Waals surface area contributed by atoms with E-state index >= 15 is 0 Å². The van der Waals surface area contributed by atoms with Gasteiger partial charge in [-0.05, 0) is 24.8 Å². The second kappa shape index (κ2) is 5.69. The van der Waals surface area contributed by atoms with Crippen LogP contribution < -0.4 is 11.1 Å². The summed E-state index contributed by atoms with van der Waals surface area (Å²) in [6.45, 7) is 0.517. The van der Waals surface area contributed by atoms with Gasteiger partial charge in [0.25, 0.3) is 11.7 Å². The zero-order valence-corrected chi connectivity index (χ0v) is 11.6. The van der Waals surface area contributed by atoms with Crippen molar-refractivity contribution in [3.8, 4) is 0 Å². The summed E-state index contributed by atoms with van der Waals surface area (Å²) in [6, 6.07) is 4.92. The Bertz CT molecular complexity index is 649. The van der Waals surface area contributed by atoms with Gasteiger partial charge in [0.1, 0.15) is 5.52 Å². The highest BCUT2D eigenvalue weighted by Gasteiger charge is 2.25. The lowest BCUT2D eigenvalue weighted by Gasteiger charge is -2.21. The lowest BCUT2D eigenvalue weighted by molar-refractivity contribution is -0.384. The van der Waals surface area contributed by atoms with E-state index in [0.29, 0.717) is 29.6 Å². The fraction of sp³-hybridized carbons (Fsp3) is 0.500. The Labute approximate surface area is 121 Å². The lowest BCUT2D eigenvalue weighted by Crippen LogP contribution is -2.35. The quantitative estimate of drug-likeness (QED) is 0.647. The average Bonchev–Trinajstić information content (AvgIpc) is 3.12. The molecule has 1 aromatic heterocycles. The first-order chi connectivity index (χ1) is 10.2. The van der Waals surface area contributed by atoms with Crippen molar-refractivity contribution in [2.24, 2.45) is 11.7 Å². The van der Waals surface area contributed by atoms with Crippen LogP contribution in [0, 0.1) is 16.0 Å². The van der Waals surface area contributed by atoms with Crippen molar-refractivity contribution >= 4 is 22.8 Å². The third kappa shape index (κ3) is 2.82. The number of rotatable bonds is 5. The van der Waals surface area contributed by atoms with Gasteiger partial charge in [0.2, 0.25) is 0 Å². The van der Waals surface area contributed by atoms with E-state index in [2.05, 4.69) is 10.3 Å². The van der Waals surface area contributed by atoms with E-state index in [1.165, 1.54) is 37.8 Å². The SMILES string of the molecule is NCC(Nc1nc2ccc([N+](=O)[O-])cc2o1)C1CCCC1. The Balaban J connectivity index is 1.81. The molecule has 3 rings (SSSR count). The fourth-order valence-electron chi connectivity index (χ4n) is 2.98. The molecule has 21 heavy (non-hydrogen) atoms. The van der Waals surface area contributed by atoms with Crippen LogP contribution in [0.25, 0.3) is 11.1 Å². The average molecular weight is 290 g/mol. The molecule has 0 spiro atoms. The van der Waals surface area contributed by atoms with Gasteiger partial charge in [-0.15, -0.1) is 0 Å². The molecule has 1 unspecified atom stereocenters. The molecular formula is C14H18N4O3. The molecule has 1 aliphatic rings. The van der Waals surface area contributed by atoms with Crippen LogP contribution in [0.2, 0.25) is 0 Å². The van der Waals surface area contributed by atoms with Gasteiger partial charge in [0.05, 0.1) is 11.0 Å². The van der Waals surface area contributed by atoms with Crippen LogP contribution in [0.15, 0.2) is 22.6 Å². The Morgan fingerprint density at radius 3 is 2.90 bits per heavy atom. The molecule has 2 aromatic rings. The zero-order valence-electron chi connectivity index (χ0n) is 11.6. The van der Waals surface area contributed by atoms with Crippen molar-refractivity contribution in [2.75, 3.05) is 11.9 Å². The number of hydrogen-bond donors (Lipinski definition) is 2. The number of nitrogens with one attached hydrogen (secondary N) is 1. The van der Waals surface area contributed by atoms with E-state index in [1.54, 1.807) is 6.07 Å². The second-order valence-electron chi connectivity index (χ2n) is 5.46. The van der Waals surface area contributed by atoms with Crippen LogP contribution in [0.3, 0.4) is 0 Å². The van der Waals surface area contributed by atoms with E-state index in [4.69, 9.17) is 10.2 Å². The zero-order chi connectivity index (χ0) is 14.8. The highest BCUT2D eigenvalue weighted by molar-refractivity contribution is 5.77. The Hall–Kier alpha value is -2.15. The number of aromatic nitrogens is 1. The minimum absolute atomic E-state index is 0.00336. The summed E-state index contributed by atoms with van der Waals surface area (Å²) >= 11 is 0. The van der Waals surface area contributed by atoms with E-state index in [-0.39, 0.29) is 11.7 Å². The topological polar surface area (TPSA) is 107 Å². The summed E-state index contributed by atoms with van der Waals surface area (Å²) in [4.78, 5) is 14.6. The molecular weight excluding hydrogens is 272 g/mol. The summed E-state index contributed by atoms with van der Waals surface area (Å²) in [5.74, 6) is 0.541. The molecule has 1 saturated carbocycles. The molecule has 1 heterocycles. The van der Waals surface area contributed by atoms with Crippen molar-refractivity contribution < 1.29 is 9.34 Å². The number of oxazole rings is 1. The van der Waals surface area contributed by atoms with Crippen LogP contribution >= 0.6 is 0 Å². The second-order valence-corrected chi connectivity index (χ2v) is 5.46. The van der Waals surface area contributed by atoms with Gasteiger partial charge in [-0.2, -0.15) is 4.98 Å². The minimum Gasteiger partial charge on any atom is -0.423 e. The maximum absolute atomic E-state index is 10.8. The van der Waals surface area contributed by atoms with Crippen molar-refractivity contribution in [1.29, 1.82) is 0 Å². The van der Waals surface area contributed by atoms with Gasteiger partial charge >= 0.3 is 0 Å². The van der Waals surface area contributed by atoms with Gasteiger partial charge in [0.15, 0.2) is 5.58 Å². The van der Waals surface area contributed by atoms with Crippen molar-refractivity contribution in [3.63, 3.8) is 0 Å². The van der Waals surface area contributed by atoms with Crippen LogP contribution in [0.1, 0.15) is 25.7 Å². The molecule has 0 amide bonds. The third-order valence-electron chi connectivity index (χ3n) is 4.11. The lowest BCUT2D eigenvalue weighted by atomic mass is 9.98. The molecule has 1 aromatic carbocycles. The summed E-state index contributed by atoms with van der Waals surface area (Å²) in [6.07, 6.45) is 4.81. The molecule has 7 heteroatoms. The van der Waals surface area contributed by atoms with Crippen LogP contribution in [-0.2, 0) is 0 Å². The van der Waals surface area contributed by atoms with E-state index < -0.39 is 4.92 Å². The van der Waals surface area contributed by atoms with E-state index in [0.717, 1.165) is 0 Å². The maximum Gasteiger partial charge on any atom is 0.295 e. The molecule has 112 valence electrons. The number of nitrogens with two attached hydrogens (primary N) is 1. The van der Waals surface area contributed by atoms with Gasteiger partial charge < -0.3 is 15.5 Å². The van der Waals surface area contributed by atoms with Gasteiger partial charge in [0, 0.05) is 18.7 Å². The summed E-state index contributed by atoms with van der Waals surface area (Å²) in [5, 5.41) is 14.0. The number of nitro groups is 1. The first-order valence-electron chi connectivity index (χ1n) is 7.19. The highest BCUT2D eigenvalue weighted by Crippen LogP contribution is 2.30. The molecule has 0 saturated heterocycles. The molecule has 0 radical (unpaired) electrons. The first kappa shape index (κ1) is 13.8. The molecule has 3 N–H and O–H groups in total. The van der Waals surface area contributed by atoms with Gasteiger partial charge in [-0.25, -0.2) is 0 Å². The smallest absolute Gasteiger partial charge is 0.295 e. The molecule has 0 aliphatic heterocycles. The number of nitro benzene ring substituents is 1. The number of benzene rings is 1. The number of fused-ring (bicyclic) bond motifs is 1. The Kier molecular flexibility index (Phi) is 3.74. The first-order valence-corrected chi connectivity index (χ1v) is 7.19. The Morgan fingerprint density at radius 1 is 1.48 bits per heavy atom. The molecule has 1 atom stereocenters. The van der Waals surface area contributed by atoms with Gasteiger partial charge in [-0.1, -0.05) is 12.8 Å². The van der Waals surface area contributed by atoms with Crippen molar-refractivity contribution in [3.05, 3.63) is 28.3 Å². The van der Waals surface area contributed by atoms with E-state index in [9.17, 15) is 10.1 Å². The van der Waals surface area contributed by atoms with Crippen LogP contribution in [-0.4, -0.2) is 22.5 Å². The molecule has 1 fully saturated rings. The summed E-state index contributed by atoms with van der Waals surface area (Å²) in [5.41, 5.74) is 6.85. The van der Waals surface area contributed by atoms with Crippen molar-refractivity contribution in [1.82, 2.24) is 4.98 Å². The largest absolute Gasteiger partial charge is 0.423 e. The van der Waals surface area contributed by atoms with Crippen molar-refractivity contribution in [2.45, 2.75) is 31.7 Å². The normalized spacial score (nSPS) is 17.2. The van der Waals surface area contributed by atoms with Crippen LogP contribution in [0.4, 0.5) is 11.7 Å². The van der Waals surface area contributed by atoms with E-state index in [1.807, 2.05) is 0 Å². The number of non-ortho nitro benzene ring substituents is 1. The predicted octanol–water partition coefficient (Wildman–Crippen LogP) is 2.67. The molecule has 1 aliphatic carbocycles. The summed E-state index contributed by atoms with van der Waals surface area (Å²) in [7, 11) is 0. The number of anilines is 1. The number of nitrogens with zero attached hydrogens (tertiary/aromatic N) is 2. The van der Waals surface area contributed by atoms with Crippen LogP contribution in [0.5, 0.6) is 0 Å². The minimum atomic E-state index is -0.448. The third-order valence-corrected chi connectivity index (χ3v) is 4.11. The monoisotopic (exact) mass is 290 g/mol. The predicted molar refractivity (Wildman–Crippen MR) is 79.1 cm³/mol. The maximum atomic E-state index is 10.8. The molecule has 0 bridgehead atoms. The van der Waals surface area contributed by atoms with Gasteiger partial charge in [-0.3, -0.25) is 10.1 Å². The Morgan fingerprint density at radius 2 is 2.24 bits per heavy atom.